The minimum atomic E-state index is -0.0144. The second-order valence-corrected chi connectivity index (χ2v) is 6.00. The molecule has 5 rings (SSSR count). The largest absolute Gasteiger partial charge is 0.455 e. The van der Waals surface area contributed by atoms with Gasteiger partial charge in [-0.15, -0.1) is 0 Å². The molecule has 0 aliphatic rings. The number of aromatic nitrogens is 1. The number of hydrogen-bond donors (Lipinski definition) is 0. The van der Waals surface area contributed by atoms with Crippen molar-refractivity contribution in [3.05, 3.63) is 89.1 Å². The molecule has 0 amide bonds. The Hall–Kier alpha value is -3.46. The first-order chi connectivity index (χ1) is 12.3. The lowest BCUT2D eigenvalue weighted by atomic mass is 10.0. The van der Waals surface area contributed by atoms with E-state index in [1.807, 2.05) is 66.7 Å². The standard InChI is InChI=1S/C22H13NO2/c24-21-16-7-2-4-11-20(16)25-22-15(8-5-9-17(21)22)19-13-12-14-6-1-3-10-18(14)23-19/h1-13H. The summed E-state index contributed by atoms with van der Waals surface area (Å²) >= 11 is 0. The quantitative estimate of drug-likeness (QED) is 0.400. The second-order valence-electron chi connectivity index (χ2n) is 6.00. The van der Waals surface area contributed by atoms with Crippen LogP contribution in [-0.4, -0.2) is 4.98 Å². The third kappa shape index (κ3) is 2.13. The molecule has 0 atom stereocenters. The van der Waals surface area contributed by atoms with E-state index in [4.69, 9.17) is 9.40 Å². The molecule has 0 spiro atoms. The van der Waals surface area contributed by atoms with E-state index < -0.39 is 0 Å². The van der Waals surface area contributed by atoms with Gasteiger partial charge in [0.2, 0.25) is 5.43 Å². The van der Waals surface area contributed by atoms with Gasteiger partial charge in [-0.05, 0) is 36.4 Å². The van der Waals surface area contributed by atoms with Crippen LogP contribution in [0.15, 0.2) is 88.1 Å². The van der Waals surface area contributed by atoms with E-state index in [1.54, 1.807) is 12.1 Å². The van der Waals surface area contributed by atoms with Gasteiger partial charge in [-0.2, -0.15) is 0 Å². The first-order valence-corrected chi connectivity index (χ1v) is 8.12. The lowest BCUT2D eigenvalue weighted by Crippen LogP contribution is -2.02. The molecule has 118 valence electrons. The molecule has 0 radical (unpaired) electrons. The van der Waals surface area contributed by atoms with Gasteiger partial charge in [-0.3, -0.25) is 4.79 Å². The Labute approximate surface area is 143 Å². The highest BCUT2D eigenvalue weighted by Gasteiger charge is 2.13. The Morgan fingerprint density at radius 3 is 2.48 bits per heavy atom. The average Bonchev–Trinajstić information content (AvgIpc) is 2.67. The zero-order chi connectivity index (χ0) is 16.8. The van der Waals surface area contributed by atoms with Gasteiger partial charge in [-0.1, -0.05) is 42.5 Å². The van der Waals surface area contributed by atoms with Crippen molar-refractivity contribution in [3.63, 3.8) is 0 Å². The summed E-state index contributed by atoms with van der Waals surface area (Å²) in [6, 6.07) is 24.9. The van der Waals surface area contributed by atoms with Gasteiger partial charge in [0, 0.05) is 10.9 Å². The van der Waals surface area contributed by atoms with Crippen LogP contribution in [0.25, 0.3) is 44.1 Å². The van der Waals surface area contributed by atoms with E-state index in [1.165, 1.54) is 0 Å². The van der Waals surface area contributed by atoms with Gasteiger partial charge in [-0.25, -0.2) is 4.98 Å². The molecule has 3 heteroatoms. The smallest absolute Gasteiger partial charge is 0.200 e. The van der Waals surface area contributed by atoms with Crippen LogP contribution in [0.4, 0.5) is 0 Å². The van der Waals surface area contributed by atoms with Gasteiger partial charge >= 0.3 is 0 Å². The van der Waals surface area contributed by atoms with E-state index >= 15 is 0 Å². The fourth-order valence-electron chi connectivity index (χ4n) is 3.24. The predicted octanol–water partition coefficient (Wildman–Crippen LogP) is 5.16. The Bertz CT molecular complexity index is 1320. The zero-order valence-corrected chi connectivity index (χ0v) is 13.3. The molecule has 0 saturated heterocycles. The van der Waals surface area contributed by atoms with Crippen molar-refractivity contribution < 1.29 is 4.42 Å². The predicted molar refractivity (Wildman–Crippen MR) is 101 cm³/mol. The number of fused-ring (bicyclic) bond motifs is 3. The van der Waals surface area contributed by atoms with Crippen LogP contribution in [0.5, 0.6) is 0 Å². The highest BCUT2D eigenvalue weighted by molar-refractivity contribution is 5.97. The SMILES string of the molecule is O=c1c2ccccc2oc2c(-c3ccc4ccccc4n3)cccc12. The molecule has 0 bridgehead atoms. The van der Waals surface area contributed by atoms with E-state index in [0.29, 0.717) is 21.9 Å². The van der Waals surface area contributed by atoms with E-state index in [9.17, 15) is 4.79 Å². The molecule has 5 aromatic rings. The molecule has 2 aromatic heterocycles. The van der Waals surface area contributed by atoms with Crippen molar-refractivity contribution in [2.24, 2.45) is 0 Å². The number of rotatable bonds is 1. The summed E-state index contributed by atoms with van der Waals surface area (Å²) in [5.41, 5.74) is 3.69. The number of benzene rings is 3. The summed E-state index contributed by atoms with van der Waals surface area (Å²) in [5, 5.41) is 2.25. The van der Waals surface area contributed by atoms with Crippen molar-refractivity contribution in [1.82, 2.24) is 4.98 Å². The highest BCUT2D eigenvalue weighted by atomic mass is 16.3. The maximum absolute atomic E-state index is 12.8. The first-order valence-electron chi connectivity index (χ1n) is 8.12. The van der Waals surface area contributed by atoms with Gasteiger partial charge in [0.15, 0.2) is 0 Å². The van der Waals surface area contributed by atoms with Gasteiger partial charge in [0.25, 0.3) is 0 Å². The molecule has 0 aliphatic heterocycles. The molecular weight excluding hydrogens is 310 g/mol. The van der Waals surface area contributed by atoms with Crippen molar-refractivity contribution in [2.45, 2.75) is 0 Å². The van der Waals surface area contributed by atoms with Crippen molar-refractivity contribution in [3.8, 4) is 11.3 Å². The van der Waals surface area contributed by atoms with Crippen LogP contribution < -0.4 is 5.43 Å². The molecule has 2 heterocycles. The summed E-state index contributed by atoms with van der Waals surface area (Å²) in [6.07, 6.45) is 0. The summed E-state index contributed by atoms with van der Waals surface area (Å²) < 4.78 is 6.08. The fraction of sp³-hybridized carbons (Fsp3) is 0. The monoisotopic (exact) mass is 323 g/mol. The van der Waals surface area contributed by atoms with Crippen LogP contribution in [0.3, 0.4) is 0 Å². The van der Waals surface area contributed by atoms with Gasteiger partial charge in [0.1, 0.15) is 11.2 Å². The maximum atomic E-state index is 12.8. The number of nitrogens with zero attached hydrogens (tertiary/aromatic N) is 1. The maximum Gasteiger partial charge on any atom is 0.200 e. The average molecular weight is 323 g/mol. The van der Waals surface area contributed by atoms with Crippen LogP contribution in [-0.2, 0) is 0 Å². The van der Waals surface area contributed by atoms with Crippen molar-refractivity contribution in [2.75, 3.05) is 0 Å². The van der Waals surface area contributed by atoms with Crippen LogP contribution in [0, 0.1) is 0 Å². The number of para-hydroxylation sites is 3. The van der Waals surface area contributed by atoms with Gasteiger partial charge < -0.3 is 4.42 Å². The molecule has 0 fully saturated rings. The van der Waals surface area contributed by atoms with Crippen LogP contribution >= 0.6 is 0 Å². The molecule has 0 saturated carbocycles. The Morgan fingerprint density at radius 1 is 0.720 bits per heavy atom. The van der Waals surface area contributed by atoms with E-state index in [0.717, 1.165) is 22.2 Å². The molecule has 3 nitrogen and oxygen atoms in total. The zero-order valence-electron chi connectivity index (χ0n) is 13.3. The summed E-state index contributed by atoms with van der Waals surface area (Å²) in [5.74, 6) is 0. The van der Waals surface area contributed by atoms with Gasteiger partial charge in [0.05, 0.1) is 22.0 Å². The minimum absolute atomic E-state index is 0.0144. The van der Waals surface area contributed by atoms with Crippen LogP contribution in [0.2, 0.25) is 0 Å². The minimum Gasteiger partial charge on any atom is -0.455 e. The first kappa shape index (κ1) is 13.9. The van der Waals surface area contributed by atoms with Crippen LogP contribution in [0.1, 0.15) is 0 Å². The number of hydrogen-bond acceptors (Lipinski definition) is 3. The third-order valence-corrected chi connectivity index (χ3v) is 4.48. The second kappa shape index (κ2) is 5.28. The Balaban J connectivity index is 1.87. The topological polar surface area (TPSA) is 43.1 Å². The summed E-state index contributed by atoms with van der Waals surface area (Å²) in [7, 11) is 0. The molecule has 25 heavy (non-hydrogen) atoms. The lowest BCUT2D eigenvalue weighted by Gasteiger charge is -2.07. The summed E-state index contributed by atoms with van der Waals surface area (Å²) in [4.78, 5) is 17.5. The highest BCUT2D eigenvalue weighted by Crippen LogP contribution is 2.29. The Morgan fingerprint density at radius 2 is 1.52 bits per heavy atom. The molecule has 0 aliphatic carbocycles. The van der Waals surface area contributed by atoms with E-state index in [2.05, 4.69) is 0 Å². The normalized spacial score (nSPS) is 11.4. The third-order valence-electron chi connectivity index (χ3n) is 4.48. The van der Waals surface area contributed by atoms with E-state index in [-0.39, 0.29) is 5.43 Å². The molecule has 0 N–H and O–H groups in total. The fourth-order valence-corrected chi connectivity index (χ4v) is 3.24. The molecular formula is C22H13NO2. The number of pyridine rings is 1. The molecule has 3 aromatic carbocycles. The van der Waals surface area contributed by atoms with Crippen molar-refractivity contribution >= 4 is 32.8 Å². The summed E-state index contributed by atoms with van der Waals surface area (Å²) in [6.45, 7) is 0. The lowest BCUT2D eigenvalue weighted by molar-refractivity contribution is 0.661. The molecule has 0 unspecified atom stereocenters. The Kier molecular flexibility index (Phi) is 2.94. The van der Waals surface area contributed by atoms with Crippen molar-refractivity contribution in [1.29, 1.82) is 0 Å².